The highest BCUT2D eigenvalue weighted by atomic mass is 19.1. The molecule has 0 aliphatic heterocycles. The molecule has 0 radical (unpaired) electrons. The molecule has 1 aromatic heterocycles. The number of rotatable bonds is 4. The molecule has 1 aromatic carbocycles. The van der Waals surface area contributed by atoms with Crippen LogP contribution in [0.15, 0.2) is 24.4 Å². The number of aryl methyl sites for hydroxylation is 1. The molecule has 2 aromatic rings. The molecule has 20 heavy (non-hydrogen) atoms. The fourth-order valence-electron chi connectivity index (χ4n) is 2.11. The average Bonchev–Trinajstić information content (AvgIpc) is 2.81. The quantitative estimate of drug-likeness (QED) is 0.806. The molecule has 0 saturated heterocycles. The first kappa shape index (κ1) is 14.2. The fraction of sp³-hybridized carbons (Fsp3) is 0.333. The van der Waals surface area contributed by atoms with Crippen LogP contribution in [0.25, 0.3) is 0 Å². The molecule has 0 atom stereocenters. The number of hydrogen-bond acceptors (Lipinski definition) is 3. The van der Waals surface area contributed by atoms with Gasteiger partial charge in [-0.25, -0.2) is 4.39 Å². The van der Waals surface area contributed by atoms with E-state index in [9.17, 15) is 9.18 Å². The van der Waals surface area contributed by atoms with Crippen molar-refractivity contribution < 1.29 is 13.9 Å². The first-order valence-electron chi connectivity index (χ1n) is 6.38. The summed E-state index contributed by atoms with van der Waals surface area (Å²) in [5, 5.41) is 4.18. The Bertz CT molecular complexity index is 647. The zero-order chi connectivity index (χ0) is 14.9. The smallest absolute Gasteiger partial charge is 0.215 e. The van der Waals surface area contributed by atoms with E-state index in [1.165, 1.54) is 31.5 Å². The van der Waals surface area contributed by atoms with E-state index in [1.54, 1.807) is 11.6 Å². The summed E-state index contributed by atoms with van der Waals surface area (Å²) in [6.45, 7) is 5.57. The summed E-state index contributed by atoms with van der Waals surface area (Å²) in [7, 11) is 1.50. The van der Waals surface area contributed by atoms with Gasteiger partial charge in [0.2, 0.25) is 5.78 Å². The maximum atomic E-state index is 13.2. The van der Waals surface area contributed by atoms with Crippen LogP contribution in [0.4, 0.5) is 4.39 Å². The molecular weight excluding hydrogens is 259 g/mol. The van der Waals surface area contributed by atoms with E-state index in [0.29, 0.717) is 22.6 Å². The number of benzene rings is 1. The lowest BCUT2D eigenvalue weighted by atomic mass is 10.0. The highest BCUT2D eigenvalue weighted by Gasteiger charge is 2.23. The average molecular weight is 276 g/mol. The molecule has 0 amide bonds. The lowest BCUT2D eigenvalue weighted by molar-refractivity contribution is 0.102. The van der Waals surface area contributed by atoms with Crippen LogP contribution in [0.3, 0.4) is 0 Å². The topological polar surface area (TPSA) is 44.1 Å². The standard InChI is InChI=1S/C15H17FN2O2/c1-9(2)18-14(13(20-4)8-17-18)15(19)12-6-5-11(16)7-10(12)3/h5-9H,1-4H3. The summed E-state index contributed by atoms with van der Waals surface area (Å²) in [5.74, 6) is -0.152. The molecule has 1 heterocycles. The maximum Gasteiger partial charge on any atom is 0.215 e. The van der Waals surface area contributed by atoms with Crippen LogP contribution in [0, 0.1) is 12.7 Å². The van der Waals surface area contributed by atoms with Crippen molar-refractivity contribution in [3.63, 3.8) is 0 Å². The molecule has 4 nitrogen and oxygen atoms in total. The third-order valence-electron chi connectivity index (χ3n) is 3.12. The van der Waals surface area contributed by atoms with Crippen molar-refractivity contribution in [1.29, 1.82) is 0 Å². The highest BCUT2D eigenvalue weighted by Crippen LogP contribution is 2.25. The van der Waals surface area contributed by atoms with Gasteiger partial charge in [-0.15, -0.1) is 0 Å². The number of carbonyl (C=O) groups excluding carboxylic acids is 1. The minimum atomic E-state index is -0.358. The second-order valence-corrected chi connectivity index (χ2v) is 4.89. The Hall–Kier alpha value is -2.17. The molecule has 0 aliphatic rings. The second-order valence-electron chi connectivity index (χ2n) is 4.89. The number of nitrogens with zero attached hydrogens (tertiary/aromatic N) is 2. The van der Waals surface area contributed by atoms with E-state index in [4.69, 9.17) is 4.74 Å². The Morgan fingerprint density at radius 3 is 2.65 bits per heavy atom. The van der Waals surface area contributed by atoms with E-state index < -0.39 is 0 Å². The Kier molecular flexibility index (Phi) is 3.88. The summed E-state index contributed by atoms with van der Waals surface area (Å²) in [6, 6.07) is 4.14. The van der Waals surface area contributed by atoms with Crippen LogP contribution in [-0.2, 0) is 0 Å². The van der Waals surface area contributed by atoms with Crippen molar-refractivity contribution in [3.05, 3.63) is 47.0 Å². The normalized spacial score (nSPS) is 10.9. The predicted octanol–water partition coefficient (Wildman–Crippen LogP) is 3.15. The Morgan fingerprint density at radius 1 is 1.40 bits per heavy atom. The second kappa shape index (κ2) is 5.45. The SMILES string of the molecule is COc1cnn(C(C)C)c1C(=O)c1ccc(F)cc1C. The van der Waals surface area contributed by atoms with Gasteiger partial charge in [-0.1, -0.05) is 0 Å². The molecule has 0 N–H and O–H groups in total. The van der Waals surface area contributed by atoms with Gasteiger partial charge >= 0.3 is 0 Å². The van der Waals surface area contributed by atoms with Gasteiger partial charge in [0, 0.05) is 11.6 Å². The van der Waals surface area contributed by atoms with Crippen LogP contribution in [0.1, 0.15) is 41.5 Å². The van der Waals surface area contributed by atoms with Gasteiger partial charge in [-0.05, 0) is 44.5 Å². The first-order valence-corrected chi connectivity index (χ1v) is 6.38. The highest BCUT2D eigenvalue weighted by molar-refractivity contribution is 6.10. The molecule has 0 saturated carbocycles. The molecule has 2 rings (SSSR count). The van der Waals surface area contributed by atoms with Crippen molar-refractivity contribution in [3.8, 4) is 5.75 Å². The van der Waals surface area contributed by atoms with E-state index in [1.807, 2.05) is 13.8 Å². The zero-order valence-electron chi connectivity index (χ0n) is 12.0. The van der Waals surface area contributed by atoms with Crippen molar-refractivity contribution in [2.75, 3.05) is 7.11 Å². The molecular formula is C15H17FN2O2. The number of carbonyl (C=O) groups is 1. The zero-order valence-corrected chi connectivity index (χ0v) is 12.0. The van der Waals surface area contributed by atoms with Gasteiger partial charge < -0.3 is 4.74 Å². The fourth-order valence-corrected chi connectivity index (χ4v) is 2.11. The van der Waals surface area contributed by atoms with Crippen molar-refractivity contribution in [1.82, 2.24) is 9.78 Å². The molecule has 0 bridgehead atoms. The molecule has 106 valence electrons. The van der Waals surface area contributed by atoms with E-state index in [2.05, 4.69) is 5.10 Å². The molecule has 0 spiro atoms. The Labute approximate surface area is 117 Å². The number of ether oxygens (including phenoxy) is 1. The summed E-state index contributed by atoms with van der Waals surface area (Å²) in [5.41, 5.74) is 1.43. The molecule has 0 unspecified atom stereocenters. The van der Waals surface area contributed by atoms with Crippen LogP contribution >= 0.6 is 0 Å². The van der Waals surface area contributed by atoms with E-state index in [0.717, 1.165) is 0 Å². The van der Waals surface area contributed by atoms with Gasteiger partial charge in [0.25, 0.3) is 0 Å². The van der Waals surface area contributed by atoms with E-state index in [-0.39, 0.29) is 17.6 Å². The van der Waals surface area contributed by atoms with Gasteiger partial charge in [0.15, 0.2) is 11.4 Å². The van der Waals surface area contributed by atoms with Gasteiger partial charge in [0.05, 0.1) is 13.3 Å². The number of ketones is 1. The Balaban J connectivity index is 2.55. The maximum absolute atomic E-state index is 13.2. The summed E-state index contributed by atoms with van der Waals surface area (Å²) < 4.78 is 20.0. The summed E-state index contributed by atoms with van der Waals surface area (Å²) in [4.78, 5) is 12.7. The van der Waals surface area contributed by atoms with Crippen molar-refractivity contribution in [2.24, 2.45) is 0 Å². The lowest BCUT2D eigenvalue weighted by Gasteiger charge is -2.12. The Morgan fingerprint density at radius 2 is 2.10 bits per heavy atom. The third kappa shape index (κ3) is 2.43. The minimum absolute atomic E-state index is 0.0265. The lowest BCUT2D eigenvalue weighted by Crippen LogP contribution is -2.15. The summed E-state index contributed by atoms with van der Waals surface area (Å²) in [6.07, 6.45) is 1.52. The molecule has 5 heteroatoms. The van der Waals surface area contributed by atoms with E-state index >= 15 is 0 Å². The summed E-state index contributed by atoms with van der Waals surface area (Å²) >= 11 is 0. The van der Waals surface area contributed by atoms with Crippen molar-refractivity contribution in [2.45, 2.75) is 26.8 Å². The van der Waals surface area contributed by atoms with Crippen LogP contribution in [-0.4, -0.2) is 22.7 Å². The first-order chi connectivity index (χ1) is 9.45. The monoisotopic (exact) mass is 276 g/mol. The van der Waals surface area contributed by atoms with Crippen LogP contribution < -0.4 is 4.74 Å². The minimum Gasteiger partial charge on any atom is -0.493 e. The number of methoxy groups -OCH3 is 1. The van der Waals surface area contributed by atoms with Crippen LogP contribution in [0.5, 0.6) is 5.75 Å². The number of aromatic nitrogens is 2. The predicted molar refractivity (Wildman–Crippen MR) is 73.7 cm³/mol. The molecule has 0 fully saturated rings. The molecule has 0 aliphatic carbocycles. The largest absolute Gasteiger partial charge is 0.493 e. The third-order valence-corrected chi connectivity index (χ3v) is 3.12. The van der Waals surface area contributed by atoms with Gasteiger partial charge in [-0.3, -0.25) is 9.48 Å². The number of halogens is 1. The van der Waals surface area contributed by atoms with Crippen LogP contribution in [0.2, 0.25) is 0 Å². The van der Waals surface area contributed by atoms with Crippen molar-refractivity contribution >= 4 is 5.78 Å². The van der Waals surface area contributed by atoms with Gasteiger partial charge in [-0.2, -0.15) is 5.10 Å². The van der Waals surface area contributed by atoms with Gasteiger partial charge in [0.1, 0.15) is 5.82 Å². The number of hydrogen-bond donors (Lipinski definition) is 0.